The van der Waals surface area contributed by atoms with Gasteiger partial charge >= 0.3 is 0 Å². The molecule has 0 aliphatic heterocycles. The SMILES string of the molecule is CCC(Nc1ccc(OC)nc1)c1cccc(Cl)c1. The van der Waals surface area contributed by atoms with Gasteiger partial charge in [-0.05, 0) is 30.2 Å². The number of benzene rings is 1. The molecule has 1 aromatic carbocycles. The molecule has 0 fully saturated rings. The zero-order valence-electron chi connectivity index (χ0n) is 11.1. The second-order valence-electron chi connectivity index (χ2n) is 4.25. The average Bonchev–Trinajstić information content (AvgIpc) is 2.45. The summed E-state index contributed by atoms with van der Waals surface area (Å²) >= 11 is 6.03. The Kier molecular flexibility index (Phi) is 4.63. The minimum Gasteiger partial charge on any atom is -0.481 e. The lowest BCUT2D eigenvalue weighted by Gasteiger charge is -2.19. The van der Waals surface area contributed by atoms with Crippen LogP contribution in [0.5, 0.6) is 5.88 Å². The Morgan fingerprint density at radius 3 is 2.74 bits per heavy atom. The third kappa shape index (κ3) is 3.61. The Bertz CT molecular complexity index is 528. The van der Waals surface area contributed by atoms with Crippen LogP contribution in [0.4, 0.5) is 5.69 Å². The molecule has 0 saturated heterocycles. The van der Waals surface area contributed by atoms with Crippen LogP contribution in [0.2, 0.25) is 5.02 Å². The van der Waals surface area contributed by atoms with E-state index in [-0.39, 0.29) is 6.04 Å². The largest absolute Gasteiger partial charge is 0.481 e. The van der Waals surface area contributed by atoms with E-state index in [4.69, 9.17) is 16.3 Å². The van der Waals surface area contributed by atoms with E-state index in [0.717, 1.165) is 17.1 Å². The van der Waals surface area contributed by atoms with Gasteiger partial charge in [0.25, 0.3) is 0 Å². The fourth-order valence-corrected chi connectivity index (χ4v) is 2.13. The lowest BCUT2D eigenvalue weighted by molar-refractivity contribution is 0.398. The number of nitrogens with one attached hydrogen (secondary N) is 1. The van der Waals surface area contributed by atoms with Crippen molar-refractivity contribution in [2.75, 3.05) is 12.4 Å². The van der Waals surface area contributed by atoms with E-state index in [1.54, 1.807) is 13.3 Å². The number of nitrogens with zero attached hydrogens (tertiary/aromatic N) is 1. The van der Waals surface area contributed by atoms with E-state index >= 15 is 0 Å². The predicted molar refractivity (Wildman–Crippen MR) is 78.9 cm³/mol. The molecule has 19 heavy (non-hydrogen) atoms. The number of hydrogen-bond donors (Lipinski definition) is 1. The number of rotatable bonds is 5. The van der Waals surface area contributed by atoms with Gasteiger partial charge in [-0.2, -0.15) is 0 Å². The van der Waals surface area contributed by atoms with E-state index in [1.807, 2.05) is 30.3 Å². The summed E-state index contributed by atoms with van der Waals surface area (Å²) in [5.41, 5.74) is 2.14. The smallest absolute Gasteiger partial charge is 0.213 e. The van der Waals surface area contributed by atoms with Gasteiger partial charge in [0.05, 0.1) is 25.0 Å². The van der Waals surface area contributed by atoms with Gasteiger partial charge in [0, 0.05) is 11.1 Å². The second kappa shape index (κ2) is 6.43. The van der Waals surface area contributed by atoms with E-state index in [9.17, 15) is 0 Å². The molecule has 0 radical (unpaired) electrons. The summed E-state index contributed by atoms with van der Waals surface area (Å²) in [5.74, 6) is 0.612. The zero-order valence-corrected chi connectivity index (χ0v) is 11.8. The van der Waals surface area contributed by atoms with E-state index in [0.29, 0.717) is 5.88 Å². The van der Waals surface area contributed by atoms with Crippen molar-refractivity contribution < 1.29 is 4.74 Å². The second-order valence-corrected chi connectivity index (χ2v) is 4.69. The number of hydrogen-bond acceptors (Lipinski definition) is 3. The van der Waals surface area contributed by atoms with Gasteiger partial charge in [-0.25, -0.2) is 4.98 Å². The minimum atomic E-state index is 0.217. The van der Waals surface area contributed by atoms with Crippen LogP contribution in [-0.4, -0.2) is 12.1 Å². The van der Waals surface area contributed by atoms with Crippen molar-refractivity contribution in [2.24, 2.45) is 0 Å². The van der Waals surface area contributed by atoms with Crippen molar-refractivity contribution in [3.63, 3.8) is 0 Å². The van der Waals surface area contributed by atoms with Gasteiger partial charge in [0.15, 0.2) is 0 Å². The van der Waals surface area contributed by atoms with Crippen LogP contribution in [0.15, 0.2) is 42.6 Å². The highest BCUT2D eigenvalue weighted by Crippen LogP contribution is 2.24. The fraction of sp³-hybridized carbons (Fsp3) is 0.267. The molecule has 0 amide bonds. The molecule has 1 aromatic heterocycles. The first-order valence-corrected chi connectivity index (χ1v) is 6.62. The lowest BCUT2D eigenvalue weighted by Crippen LogP contribution is -2.09. The molecular weight excluding hydrogens is 260 g/mol. The lowest BCUT2D eigenvalue weighted by atomic mass is 10.0. The molecule has 1 N–H and O–H groups in total. The minimum absolute atomic E-state index is 0.217. The molecule has 3 nitrogen and oxygen atoms in total. The van der Waals surface area contributed by atoms with Crippen LogP contribution in [0.25, 0.3) is 0 Å². The molecule has 0 spiro atoms. The van der Waals surface area contributed by atoms with Gasteiger partial charge in [-0.3, -0.25) is 0 Å². The van der Waals surface area contributed by atoms with Gasteiger partial charge in [-0.15, -0.1) is 0 Å². The summed E-state index contributed by atoms with van der Waals surface area (Å²) in [6.45, 7) is 2.13. The molecule has 1 heterocycles. The van der Waals surface area contributed by atoms with Crippen LogP contribution < -0.4 is 10.1 Å². The molecule has 2 rings (SSSR count). The topological polar surface area (TPSA) is 34.1 Å². The quantitative estimate of drug-likeness (QED) is 0.884. The van der Waals surface area contributed by atoms with Crippen molar-refractivity contribution >= 4 is 17.3 Å². The predicted octanol–water partition coefficient (Wildman–Crippen LogP) is 4.31. The number of pyridine rings is 1. The van der Waals surface area contributed by atoms with E-state index < -0.39 is 0 Å². The van der Waals surface area contributed by atoms with Crippen LogP contribution in [0, 0.1) is 0 Å². The summed E-state index contributed by atoms with van der Waals surface area (Å²) < 4.78 is 5.04. The van der Waals surface area contributed by atoms with Crippen molar-refractivity contribution in [2.45, 2.75) is 19.4 Å². The van der Waals surface area contributed by atoms with E-state index in [1.165, 1.54) is 5.56 Å². The molecular formula is C15H17ClN2O. The zero-order chi connectivity index (χ0) is 13.7. The standard InChI is InChI=1S/C15H17ClN2O/c1-3-14(11-5-4-6-12(16)9-11)18-13-7-8-15(19-2)17-10-13/h4-10,14,18H,3H2,1-2H3. The normalized spacial score (nSPS) is 11.9. The van der Waals surface area contributed by atoms with Gasteiger partial charge in [-0.1, -0.05) is 30.7 Å². The van der Waals surface area contributed by atoms with Gasteiger partial charge in [0.2, 0.25) is 5.88 Å². The van der Waals surface area contributed by atoms with Crippen molar-refractivity contribution in [3.05, 3.63) is 53.2 Å². The maximum atomic E-state index is 6.03. The fourth-order valence-electron chi connectivity index (χ4n) is 1.93. The Balaban J connectivity index is 2.14. The molecule has 0 saturated carbocycles. The Hall–Kier alpha value is -1.74. The first-order chi connectivity index (χ1) is 9.22. The maximum absolute atomic E-state index is 6.03. The molecule has 1 unspecified atom stereocenters. The highest BCUT2D eigenvalue weighted by Gasteiger charge is 2.09. The summed E-state index contributed by atoms with van der Waals surface area (Å²) in [4.78, 5) is 4.18. The Morgan fingerprint density at radius 2 is 2.16 bits per heavy atom. The van der Waals surface area contributed by atoms with Crippen LogP contribution >= 0.6 is 11.6 Å². The average molecular weight is 277 g/mol. The monoisotopic (exact) mass is 276 g/mol. The Labute approximate surface area is 118 Å². The highest BCUT2D eigenvalue weighted by atomic mass is 35.5. The maximum Gasteiger partial charge on any atom is 0.213 e. The molecule has 100 valence electrons. The van der Waals surface area contributed by atoms with E-state index in [2.05, 4.69) is 23.3 Å². The number of methoxy groups -OCH3 is 1. The third-order valence-corrected chi connectivity index (χ3v) is 3.18. The number of ether oxygens (including phenoxy) is 1. The number of anilines is 1. The van der Waals surface area contributed by atoms with Crippen LogP contribution in [-0.2, 0) is 0 Å². The summed E-state index contributed by atoms with van der Waals surface area (Å²) in [6.07, 6.45) is 2.73. The molecule has 0 aliphatic rings. The first-order valence-electron chi connectivity index (χ1n) is 6.25. The summed E-state index contributed by atoms with van der Waals surface area (Å²) in [5, 5.41) is 4.20. The van der Waals surface area contributed by atoms with Crippen LogP contribution in [0.3, 0.4) is 0 Å². The third-order valence-electron chi connectivity index (χ3n) is 2.95. The molecule has 2 aromatic rings. The van der Waals surface area contributed by atoms with Crippen LogP contribution in [0.1, 0.15) is 24.9 Å². The first kappa shape index (κ1) is 13.7. The molecule has 0 aliphatic carbocycles. The Morgan fingerprint density at radius 1 is 1.32 bits per heavy atom. The van der Waals surface area contributed by atoms with Crippen molar-refractivity contribution in [1.82, 2.24) is 4.98 Å². The molecule has 0 bridgehead atoms. The number of halogens is 1. The summed E-state index contributed by atoms with van der Waals surface area (Å²) in [7, 11) is 1.61. The molecule has 1 atom stereocenters. The van der Waals surface area contributed by atoms with Gasteiger partial charge in [0.1, 0.15) is 0 Å². The number of aromatic nitrogens is 1. The highest BCUT2D eigenvalue weighted by molar-refractivity contribution is 6.30. The van der Waals surface area contributed by atoms with Crippen molar-refractivity contribution in [3.8, 4) is 5.88 Å². The van der Waals surface area contributed by atoms with Crippen molar-refractivity contribution in [1.29, 1.82) is 0 Å². The molecule has 4 heteroatoms. The van der Waals surface area contributed by atoms with Gasteiger partial charge < -0.3 is 10.1 Å². The summed E-state index contributed by atoms with van der Waals surface area (Å²) in [6, 6.07) is 11.9.